The summed E-state index contributed by atoms with van der Waals surface area (Å²) in [5.74, 6) is 2.22. The molecule has 1 aromatic carbocycles. The number of benzene rings is 1. The van der Waals surface area contributed by atoms with Crippen LogP contribution in [0.4, 0.5) is 5.82 Å². The first-order chi connectivity index (χ1) is 9.47. The molecule has 3 nitrogen and oxygen atoms in total. The molecule has 0 aliphatic rings. The Morgan fingerprint density at radius 3 is 2.50 bits per heavy atom. The Hall–Kier alpha value is -0.780. The van der Waals surface area contributed by atoms with Crippen LogP contribution in [0, 0.1) is 0 Å². The van der Waals surface area contributed by atoms with Crippen LogP contribution in [0.25, 0.3) is 0 Å². The third-order valence-corrected chi connectivity index (χ3v) is 4.75. The van der Waals surface area contributed by atoms with E-state index >= 15 is 0 Å². The van der Waals surface area contributed by atoms with Crippen molar-refractivity contribution in [1.29, 1.82) is 0 Å². The number of nitrogen functional groups attached to an aromatic ring is 1. The van der Waals surface area contributed by atoms with Crippen LogP contribution in [0.1, 0.15) is 31.3 Å². The number of hydrogen-bond acceptors (Lipinski definition) is 4. The van der Waals surface area contributed by atoms with E-state index in [1.165, 1.54) is 0 Å². The van der Waals surface area contributed by atoms with Gasteiger partial charge in [-0.3, -0.25) is 0 Å². The first-order valence-electron chi connectivity index (χ1n) is 6.17. The standard InChI is InChI=1S/C14H15BrClN3S/c1-8(2)13-12(15)14(17)19-11(18-13)7-20-10-5-3-9(16)4-6-10/h3-6,8H,7H2,1-2H3,(H2,17,18,19). The van der Waals surface area contributed by atoms with E-state index in [0.717, 1.165) is 25.9 Å². The van der Waals surface area contributed by atoms with Gasteiger partial charge >= 0.3 is 0 Å². The van der Waals surface area contributed by atoms with Gasteiger partial charge in [0.15, 0.2) is 0 Å². The summed E-state index contributed by atoms with van der Waals surface area (Å²) in [6.45, 7) is 4.17. The molecule has 6 heteroatoms. The van der Waals surface area contributed by atoms with Gasteiger partial charge in [-0.1, -0.05) is 25.4 Å². The molecule has 106 valence electrons. The Balaban J connectivity index is 2.15. The minimum Gasteiger partial charge on any atom is -0.383 e. The normalized spacial score (nSPS) is 11.1. The van der Waals surface area contributed by atoms with Crippen LogP contribution >= 0.6 is 39.3 Å². The third kappa shape index (κ3) is 3.87. The van der Waals surface area contributed by atoms with Crippen molar-refractivity contribution in [3.63, 3.8) is 0 Å². The number of thioether (sulfide) groups is 1. The molecule has 0 spiro atoms. The van der Waals surface area contributed by atoms with E-state index in [1.54, 1.807) is 11.8 Å². The number of hydrogen-bond donors (Lipinski definition) is 1. The summed E-state index contributed by atoms with van der Waals surface area (Å²) in [6.07, 6.45) is 0. The molecule has 0 unspecified atom stereocenters. The monoisotopic (exact) mass is 371 g/mol. The van der Waals surface area contributed by atoms with Crippen LogP contribution in [0.5, 0.6) is 0 Å². The summed E-state index contributed by atoms with van der Waals surface area (Å²) in [4.78, 5) is 10.0. The molecule has 0 atom stereocenters. The Morgan fingerprint density at radius 1 is 1.25 bits per heavy atom. The fourth-order valence-electron chi connectivity index (χ4n) is 1.66. The molecule has 0 saturated carbocycles. The van der Waals surface area contributed by atoms with E-state index in [2.05, 4.69) is 39.7 Å². The van der Waals surface area contributed by atoms with E-state index in [1.807, 2.05) is 24.3 Å². The van der Waals surface area contributed by atoms with E-state index in [9.17, 15) is 0 Å². The van der Waals surface area contributed by atoms with Crippen molar-refractivity contribution in [3.05, 3.63) is 45.3 Å². The number of aromatic nitrogens is 2. The zero-order chi connectivity index (χ0) is 14.7. The van der Waals surface area contributed by atoms with Crippen molar-refractivity contribution >= 4 is 45.1 Å². The van der Waals surface area contributed by atoms with Gasteiger partial charge in [0.2, 0.25) is 0 Å². The minimum absolute atomic E-state index is 0.300. The highest BCUT2D eigenvalue weighted by Crippen LogP contribution is 2.29. The number of nitrogens with zero attached hydrogens (tertiary/aromatic N) is 2. The molecule has 2 aromatic rings. The molecule has 1 heterocycles. The van der Waals surface area contributed by atoms with Crippen molar-refractivity contribution in [3.8, 4) is 0 Å². The Kier molecular flexibility index (Phi) is 5.29. The zero-order valence-corrected chi connectivity index (χ0v) is 14.4. The lowest BCUT2D eigenvalue weighted by Gasteiger charge is -2.11. The summed E-state index contributed by atoms with van der Waals surface area (Å²) < 4.78 is 0.799. The van der Waals surface area contributed by atoms with E-state index in [4.69, 9.17) is 17.3 Å². The third-order valence-electron chi connectivity index (χ3n) is 2.68. The van der Waals surface area contributed by atoms with Crippen LogP contribution in [0.2, 0.25) is 5.02 Å². The molecule has 20 heavy (non-hydrogen) atoms. The van der Waals surface area contributed by atoms with Crippen LogP contribution < -0.4 is 5.73 Å². The van der Waals surface area contributed by atoms with Gasteiger partial charge in [0.25, 0.3) is 0 Å². The highest BCUT2D eigenvalue weighted by molar-refractivity contribution is 9.10. The molecular formula is C14H15BrClN3S. The lowest BCUT2D eigenvalue weighted by atomic mass is 10.1. The largest absolute Gasteiger partial charge is 0.383 e. The summed E-state index contributed by atoms with van der Waals surface area (Å²) >= 11 is 11.0. The van der Waals surface area contributed by atoms with Gasteiger partial charge in [0.05, 0.1) is 15.9 Å². The lowest BCUT2D eigenvalue weighted by molar-refractivity contribution is 0.794. The van der Waals surface area contributed by atoms with E-state index in [-0.39, 0.29) is 0 Å². The maximum atomic E-state index is 5.92. The number of halogens is 2. The van der Waals surface area contributed by atoms with Gasteiger partial charge in [-0.2, -0.15) is 0 Å². The van der Waals surface area contributed by atoms with Gasteiger partial charge < -0.3 is 5.73 Å². The fraction of sp³-hybridized carbons (Fsp3) is 0.286. The van der Waals surface area contributed by atoms with Crippen LogP contribution in [0.3, 0.4) is 0 Å². The smallest absolute Gasteiger partial charge is 0.141 e. The van der Waals surface area contributed by atoms with Gasteiger partial charge in [-0.05, 0) is 46.1 Å². The average molecular weight is 373 g/mol. The molecule has 0 bridgehead atoms. The molecule has 2 rings (SSSR count). The highest BCUT2D eigenvalue weighted by atomic mass is 79.9. The van der Waals surface area contributed by atoms with Gasteiger partial charge in [0, 0.05) is 9.92 Å². The second-order valence-corrected chi connectivity index (χ2v) is 6.90. The molecule has 0 radical (unpaired) electrons. The molecule has 0 fully saturated rings. The maximum absolute atomic E-state index is 5.92. The Morgan fingerprint density at radius 2 is 1.90 bits per heavy atom. The second kappa shape index (κ2) is 6.78. The fourth-order valence-corrected chi connectivity index (χ4v) is 3.17. The first kappa shape index (κ1) is 15.6. The van der Waals surface area contributed by atoms with Gasteiger partial charge in [0.1, 0.15) is 11.6 Å². The molecular weight excluding hydrogens is 358 g/mol. The van der Waals surface area contributed by atoms with Crippen LogP contribution in [0.15, 0.2) is 33.6 Å². The summed E-state index contributed by atoms with van der Waals surface area (Å²) in [5, 5.41) is 0.737. The molecule has 0 saturated heterocycles. The van der Waals surface area contributed by atoms with Crippen LogP contribution in [-0.2, 0) is 5.75 Å². The maximum Gasteiger partial charge on any atom is 0.141 e. The topological polar surface area (TPSA) is 51.8 Å². The van der Waals surface area contributed by atoms with Crippen molar-refractivity contribution in [2.45, 2.75) is 30.4 Å². The number of nitrogens with two attached hydrogens (primary N) is 1. The Bertz CT molecular complexity index is 602. The summed E-state index contributed by atoms with van der Waals surface area (Å²) in [5.41, 5.74) is 6.87. The second-order valence-electron chi connectivity index (χ2n) is 4.62. The highest BCUT2D eigenvalue weighted by Gasteiger charge is 2.13. The lowest BCUT2D eigenvalue weighted by Crippen LogP contribution is -2.06. The zero-order valence-electron chi connectivity index (χ0n) is 11.2. The number of rotatable bonds is 4. The molecule has 2 N–H and O–H groups in total. The van der Waals surface area contributed by atoms with Crippen molar-refractivity contribution in [2.24, 2.45) is 0 Å². The molecule has 0 aliphatic carbocycles. The van der Waals surface area contributed by atoms with Gasteiger partial charge in [-0.25, -0.2) is 9.97 Å². The first-order valence-corrected chi connectivity index (χ1v) is 8.33. The predicted octanol–water partition coefficient (Wildman–Crippen LogP) is 4.89. The molecule has 1 aromatic heterocycles. The summed E-state index contributed by atoms with van der Waals surface area (Å²) in [7, 11) is 0. The van der Waals surface area contributed by atoms with E-state index < -0.39 is 0 Å². The number of anilines is 1. The molecule has 0 amide bonds. The van der Waals surface area contributed by atoms with Crippen molar-refractivity contribution in [2.75, 3.05) is 5.73 Å². The average Bonchev–Trinajstić information content (AvgIpc) is 2.41. The molecule has 0 aliphatic heterocycles. The predicted molar refractivity (Wildman–Crippen MR) is 89.2 cm³/mol. The Labute approximate surface area is 136 Å². The van der Waals surface area contributed by atoms with Gasteiger partial charge in [-0.15, -0.1) is 11.8 Å². The van der Waals surface area contributed by atoms with Crippen molar-refractivity contribution in [1.82, 2.24) is 9.97 Å². The van der Waals surface area contributed by atoms with E-state index in [0.29, 0.717) is 17.5 Å². The minimum atomic E-state index is 0.300. The van der Waals surface area contributed by atoms with Crippen LogP contribution in [-0.4, -0.2) is 9.97 Å². The quantitative estimate of drug-likeness (QED) is 0.776. The SMILES string of the molecule is CC(C)c1nc(CSc2ccc(Cl)cc2)nc(N)c1Br. The summed E-state index contributed by atoms with van der Waals surface area (Å²) in [6, 6.07) is 7.72. The van der Waals surface area contributed by atoms with Crippen molar-refractivity contribution < 1.29 is 0 Å².